The Morgan fingerprint density at radius 1 is 1.13 bits per heavy atom. The summed E-state index contributed by atoms with van der Waals surface area (Å²) >= 11 is 0. The summed E-state index contributed by atoms with van der Waals surface area (Å²) in [5.41, 5.74) is 1.60. The lowest BCUT2D eigenvalue weighted by atomic mass is 10.2. The molecule has 1 aliphatic heterocycles. The maximum Gasteiger partial charge on any atom is 0.230 e. The van der Waals surface area contributed by atoms with E-state index in [4.69, 9.17) is 0 Å². The molecule has 6 nitrogen and oxygen atoms in total. The van der Waals surface area contributed by atoms with Crippen LogP contribution < -0.4 is 10.2 Å². The lowest BCUT2D eigenvalue weighted by Gasteiger charge is -2.18. The number of carbonyl (C=O) groups excluding carboxylic acids is 2. The van der Waals surface area contributed by atoms with Crippen LogP contribution in [0.4, 0.5) is 20.2 Å². The normalized spacial score (nSPS) is 16.7. The van der Waals surface area contributed by atoms with Crippen LogP contribution in [0.1, 0.15) is 31.7 Å². The van der Waals surface area contributed by atoms with Crippen LogP contribution in [0, 0.1) is 17.6 Å². The van der Waals surface area contributed by atoms with E-state index in [-0.39, 0.29) is 28.8 Å². The number of hydrogen-bond donors (Lipinski definition) is 1. The van der Waals surface area contributed by atoms with E-state index in [1.807, 2.05) is 0 Å². The number of carbonyl (C=O) groups is 2. The first kappa shape index (κ1) is 21.4. The number of anilines is 2. The Bertz CT molecular complexity index is 1160. The zero-order valence-corrected chi connectivity index (χ0v) is 17.7. The minimum absolute atomic E-state index is 0.0476. The Kier molecular flexibility index (Phi) is 5.55. The van der Waals surface area contributed by atoms with Crippen molar-refractivity contribution in [1.29, 1.82) is 0 Å². The van der Waals surface area contributed by atoms with Crippen molar-refractivity contribution >= 4 is 33.0 Å². The van der Waals surface area contributed by atoms with Crippen LogP contribution in [0.2, 0.25) is 0 Å². The molecule has 4 rings (SSSR count). The Morgan fingerprint density at radius 2 is 1.87 bits per heavy atom. The molecule has 1 atom stereocenters. The fraction of sp³-hybridized carbons (Fsp3) is 0.364. The first-order valence-electron chi connectivity index (χ1n) is 10.1. The highest BCUT2D eigenvalue weighted by molar-refractivity contribution is 7.92. The Balaban J connectivity index is 1.45. The maximum absolute atomic E-state index is 13.3. The molecule has 164 valence electrons. The van der Waals surface area contributed by atoms with Crippen molar-refractivity contribution in [3.63, 3.8) is 0 Å². The van der Waals surface area contributed by atoms with E-state index in [1.165, 1.54) is 19.1 Å². The largest absolute Gasteiger partial charge is 0.326 e. The zero-order valence-electron chi connectivity index (χ0n) is 16.9. The zero-order chi connectivity index (χ0) is 22.3. The Morgan fingerprint density at radius 3 is 2.55 bits per heavy atom. The number of sulfone groups is 1. The second-order valence-electron chi connectivity index (χ2n) is 8.04. The van der Waals surface area contributed by atoms with Crippen LogP contribution in [0.5, 0.6) is 0 Å². The van der Waals surface area contributed by atoms with E-state index in [1.54, 1.807) is 17.0 Å². The highest BCUT2D eigenvalue weighted by Gasteiger charge is 2.37. The van der Waals surface area contributed by atoms with Gasteiger partial charge >= 0.3 is 0 Å². The summed E-state index contributed by atoms with van der Waals surface area (Å²) in [6, 6.07) is 7.62. The van der Waals surface area contributed by atoms with Crippen LogP contribution in [-0.4, -0.2) is 32.0 Å². The first-order chi connectivity index (χ1) is 14.7. The molecule has 1 unspecified atom stereocenters. The van der Waals surface area contributed by atoms with Gasteiger partial charge in [0, 0.05) is 36.3 Å². The molecular formula is C22H22F2N2O4S. The molecule has 0 aromatic heterocycles. The number of amides is 2. The molecule has 0 radical (unpaired) electrons. The van der Waals surface area contributed by atoms with E-state index in [9.17, 15) is 26.8 Å². The first-order valence-corrected chi connectivity index (χ1v) is 11.6. The summed E-state index contributed by atoms with van der Waals surface area (Å²) < 4.78 is 52.3. The van der Waals surface area contributed by atoms with Gasteiger partial charge in [-0.05, 0) is 62.1 Å². The van der Waals surface area contributed by atoms with Gasteiger partial charge in [0.05, 0.1) is 10.1 Å². The van der Waals surface area contributed by atoms with E-state index in [2.05, 4.69) is 5.32 Å². The van der Waals surface area contributed by atoms with Crippen molar-refractivity contribution < 1.29 is 26.8 Å². The highest BCUT2D eigenvalue weighted by Crippen LogP contribution is 2.37. The number of fused-ring (bicyclic) bond motifs is 1. The lowest BCUT2D eigenvalue weighted by molar-refractivity contribution is -0.119. The third-order valence-corrected chi connectivity index (χ3v) is 7.81. The van der Waals surface area contributed by atoms with Gasteiger partial charge in [0.2, 0.25) is 11.8 Å². The van der Waals surface area contributed by atoms with Crippen LogP contribution in [0.25, 0.3) is 0 Å². The minimum atomic E-state index is -3.80. The molecule has 1 fully saturated rings. The van der Waals surface area contributed by atoms with Gasteiger partial charge in [0.1, 0.15) is 0 Å². The molecule has 2 aromatic carbocycles. The fourth-order valence-corrected chi connectivity index (χ4v) is 5.12. The minimum Gasteiger partial charge on any atom is -0.326 e. The summed E-state index contributed by atoms with van der Waals surface area (Å²) in [7, 11) is -3.80. The van der Waals surface area contributed by atoms with Gasteiger partial charge < -0.3 is 10.2 Å². The second kappa shape index (κ2) is 8.03. The molecule has 31 heavy (non-hydrogen) atoms. The van der Waals surface area contributed by atoms with E-state index < -0.39 is 32.6 Å². The third-order valence-electron chi connectivity index (χ3n) is 5.67. The van der Waals surface area contributed by atoms with Crippen LogP contribution in [0.3, 0.4) is 0 Å². The monoisotopic (exact) mass is 448 g/mol. The summed E-state index contributed by atoms with van der Waals surface area (Å²) in [5, 5.41) is 1.36. The average Bonchev–Trinajstić information content (AvgIpc) is 3.49. The average molecular weight is 448 g/mol. The van der Waals surface area contributed by atoms with Crippen LogP contribution in [0.15, 0.2) is 41.3 Å². The van der Waals surface area contributed by atoms with Gasteiger partial charge in [0.25, 0.3) is 0 Å². The topological polar surface area (TPSA) is 83.6 Å². The highest BCUT2D eigenvalue weighted by atomic mass is 32.2. The Hall–Kier alpha value is -2.81. The van der Waals surface area contributed by atoms with Gasteiger partial charge in [0.15, 0.2) is 21.5 Å². The molecular weight excluding hydrogens is 426 g/mol. The quantitative estimate of drug-likeness (QED) is 0.734. The predicted molar refractivity (Wildman–Crippen MR) is 111 cm³/mol. The van der Waals surface area contributed by atoms with Gasteiger partial charge in [-0.25, -0.2) is 17.2 Å². The standard InChI is InChI=1S/C22H22F2N2O4S/c1-13(10-21(27)25-16-4-6-18(23)19(24)12-16)31(29,30)17-5-7-20-15(11-17)8-9-26(20)22(28)14-2-3-14/h4-7,11-14H,2-3,8-10H2,1H3,(H,25,27). The molecule has 1 N–H and O–H groups in total. The summed E-state index contributed by atoms with van der Waals surface area (Å²) in [4.78, 5) is 26.4. The van der Waals surface area contributed by atoms with Crippen molar-refractivity contribution in [3.05, 3.63) is 53.6 Å². The molecule has 0 saturated heterocycles. The second-order valence-corrected chi connectivity index (χ2v) is 10.4. The fourth-order valence-electron chi connectivity index (χ4n) is 3.72. The van der Waals surface area contributed by atoms with Crippen molar-refractivity contribution in [2.24, 2.45) is 5.92 Å². The van der Waals surface area contributed by atoms with Gasteiger partial charge in [-0.15, -0.1) is 0 Å². The number of nitrogens with one attached hydrogen (secondary N) is 1. The number of hydrogen-bond acceptors (Lipinski definition) is 4. The van der Waals surface area contributed by atoms with Crippen molar-refractivity contribution in [3.8, 4) is 0 Å². The molecule has 1 saturated carbocycles. The molecule has 0 spiro atoms. The summed E-state index contributed by atoms with van der Waals surface area (Å²) in [5.74, 6) is -2.59. The summed E-state index contributed by atoms with van der Waals surface area (Å²) in [6.07, 6.45) is 2.05. The predicted octanol–water partition coefficient (Wildman–Crippen LogP) is 3.45. The third kappa shape index (κ3) is 4.32. The molecule has 1 heterocycles. The smallest absolute Gasteiger partial charge is 0.230 e. The van der Waals surface area contributed by atoms with Crippen LogP contribution >= 0.6 is 0 Å². The molecule has 1 aliphatic carbocycles. The van der Waals surface area contributed by atoms with Gasteiger partial charge in [-0.3, -0.25) is 9.59 Å². The number of nitrogens with zero attached hydrogens (tertiary/aromatic N) is 1. The molecule has 9 heteroatoms. The van der Waals surface area contributed by atoms with E-state index in [0.717, 1.165) is 36.2 Å². The Labute approximate surface area is 179 Å². The van der Waals surface area contributed by atoms with Gasteiger partial charge in [-0.1, -0.05) is 0 Å². The number of rotatable bonds is 6. The van der Waals surface area contributed by atoms with Crippen molar-refractivity contribution in [2.45, 2.75) is 42.8 Å². The molecule has 0 bridgehead atoms. The van der Waals surface area contributed by atoms with Crippen LogP contribution in [-0.2, 0) is 25.8 Å². The molecule has 2 aromatic rings. The SMILES string of the molecule is CC(CC(=O)Nc1ccc(F)c(F)c1)S(=O)(=O)c1ccc2c(c1)CCN2C(=O)C1CC1. The number of benzene rings is 2. The van der Waals surface area contributed by atoms with E-state index >= 15 is 0 Å². The molecule has 2 aliphatic rings. The maximum atomic E-state index is 13.3. The number of halogens is 2. The summed E-state index contributed by atoms with van der Waals surface area (Å²) in [6.45, 7) is 1.97. The van der Waals surface area contributed by atoms with Gasteiger partial charge in [-0.2, -0.15) is 0 Å². The van der Waals surface area contributed by atoms with E-state index in [0.29, 0.717) is 13.0 Å². The van der Waals surface area contributed by atoms with Crippen molar-refractivity contribution in [2.75, 3.05) is 16.8 Å². The molecule has 2 amide bonds. The van der Waals surface area contributed by atoms with Crippen molar-refractivity contribution in [1.82, 2.24) is 0 Å². The lowest BCUT2D eigenvalue weighted by Crippen LogP contribution is -2.30.